The molecule has 0 radical (unpaired) electrons. The van der Waals surface area contributed by atoms with Crippen LogP contribution in [-0.4, -0.2) is 35.3 Å². The number of hydrogen-bond donors (Lipinski definition) is 1. The molecule has 2 aromatic carbocycles. The molecule has 130 valence electrons. The fourth-order valence-electron chi connectivity index (χ4n) is 3.78. The lowest BCUT2D eigenvalue weighted by atomic mass is 10.0. The summed E-state index contributed by atoms with van der Waals surface area (Å²) in [7, 11) is 0. The van der Waals surface area contributed by atoms with Crippen LogP contribution in [0.2, 0.25) is 0 Å². The van der Waals surface area contributed by atoms with E-state index in [4.69, 9.17) is 9.15 Å². The van der Waals surface area contributed by atoms with Crippen molar-refractivity contribution < 1.29 is 14.3 Å². The minimum atomic E-state index is -0.376. The summed E-state index contributed by atoms with van der Waals surface area (Å²) >= 11 is 0. The lowest BCUT2D eigenvalue weighted by molar-refractivity contribution is -0.0705. The minimum Gasteiger partial charge on any atom is -0.507 e. The van der Waals surface area contributed by atoms with Crippen molar-refractivity contribution >= 4 is 21.7 Å². The molecule has 0 bridgehead atoms. The second-order valence-electron chi connectivity index (χ2n) is 6.83. The third kappa shape index (κ3) is 2.90. The van der Waals surface area contributed by atoms with Gasteiger partial charge in [0.1, 0.15) is 11.3 Å². The maximum absolute atomic E-state index is 12.4. The van der Waals surface area contributed by atoms with Gasteiger partial charge in [-0.1, -0.05) is 18.2 Å². The van der Waals surface area contributed by atoms with Crippen LogP contribution in [0.3, 0.4) is 0 Å². The molecule has 0 spiro atoms. The van der Waals surface area contributed by atoms with Gasteiger partial charge in [0, 0.05) is 25.0 Å². The molecule has 1 N–H and O–H groups in total. The Morgan fingerprint density at radius 1 is 1.04 bits per heavy atom. The molecule has 2 heterocycles. The van der Waals surface area contributed by atoms with Crippen LogP contribution in [0.15, 0.2) is 45.6 Å². The van der Waals surface area contributed by atoms with E-state index in [1.54, 1.807) is 12.1 Å². The highest BCUT2D eigenvalue weighted by Crippen LogP contribution is 2.32. The van der Waals surface area contributed by atoms with Crippen LogP contribution in [0.5, 0.6) is 5.75 Å². The number of hydrogen-bond acceptors (Lipinski definition) is 5. The van der Waals surface area contributed by atoms with Gasteiger partial charge in [-0.05, 0) is 37.4 Å². The summed E-state index contributed by atoms with van der Waals surface area (Å²) in [6.07, 6.45) is 0.266. The normalized spacial score (nSPS) is 21.8. The van der Waals surface area contributed by atoms with Crippen LogP contribution in [0.4, 0.5) is 0 Å². The van der Waals surface area contributed by atoms with Gasteiger partial charge < -0.3 is 14.3 Å². The van der Waals surface area contributed by atoms with Gasteiger partial charge >= 0.3 is 5.63 Å². The predicted molar refractivity (Wildman–Crippen MR) is 96.9 cm³/mol. The first-order valence-electron chi connectivity index (χ1n) is 8.57. The van der Waals surface area contributed by atoms with E-state index in [2.05, 4.69) is 4.90 Å². The topological polar surface area (TPSA) is 62.9 Å². The van der Waals surface area contributed by atoms with E-state index in [9.17, 15) is 9.90 Å². The lowest BCUT2D eigenvalue weighted by Crippen LogP contribution is -2.44. The Bertz CT molecular complexity index is 984. The maximum atomic E-state index is 12.4. The number of aromatic hydroxyl groups is 1. The number of phenolic OH excluding ortho intramolecular Hbond substituents is 1. The van der Waals surface area contributed by atoms with E-state index in [-0.39, 0.29) is 23.6 Å². The highest BCUT2D eigenvalue weighted by atomic mass is 16.5. The van der Waals surface area contributed by atoms with Crippen molar-refractivity contribution in [2.24, 2.45) is 0 Å². The first-order chi connectivity index (χ1) is 12.0. The molecule has 2 atom stereocenters. The molecule has 3 aromatic rings. The third-order valence-electron chi connectivity index (χ3n) is 4.74. The fraction of sp³-hybridized carbons (Fsp3) is 0.350. The molecular weight excluding hydrogens is 318 g/mol. The zero-order chi connectivity index (χ0) is 17.6. The van der Waals surface area contributed by atoms with Crippen molar-refractivity contribution in [2.75, 3.05) is 13.1 Å². The van der Waals surface area contributed by atoms with Crippen LogP contribution in [0.1, 0.15) is 19.4 Å². The first kappa shape index (κ1) is 16.1. The molecule has 4 rings (SSSR count). The van der Waals surface area contributed by atoms with Crippen molar-refractivity contribution in [2.45, 2.75) is 32.6 Å². The van der Waals surface area contributed by atoms with Crippen LogP contribution >= 0.6 is 0 Å². The number of morpholine rings is 1. The Balaban J connectivity index is 1.86. The SMILES string of the molecule is C[C@@H]1CN(Cc2c(O)ccc3c2oc(=O)c2ccccc23)C[C@H](C)O1. The van der Waals surface area contributed by atoms with Crippen LogP contribution < -0.4 is 5.63 Å². The molecule has 0 unspecified atom stereocenters. The minimum absolute atomic E-state index is 0.133. The Morgan fingerprint density at radius 2 is 1.72 bits per heavy atom. The summed E-state index contributed by atoms with van der Waals surface area (Å²) in [6, 6.07) is 10.9. The largest absolute Gasteiger partial charge is 0.507 e. The van der Waals surface area contributed by atoms with Gasteiger partial charge in [0.2, 0.25) is 0 Å². The van der Waals surface area contributed by atoms with Gasteiger partial charge in [-0.15, -0.1) is 0 Å². The molecular formula is C20H21NO4. The molecule has 0 amide bonds. The molecule has 1 saturated heterocycles. The van der Waals surface area contributed by atoms with Gasteiger partial charge in [0.05, 0.1) is 23.2 Å². The molecule has 0 aliphatic carbocycles. The third-order valence-corrected chi connectivity index (χ3v) is 4.74. The Hall–Kier alpha value is -2.37. The van der Waals surface area contributed by atoms with Crippen molar-refractivity contribution in [3.05, 3.63) is 52.4 Å². The smallest absolute Gasteiger partial charge is 0.344 e. The molecule has 5 heteroatoms. The summed E-state index contributed by atoms with van der Waals surface area (Å²) < 4.78 is 11.4. The average Bonchev–Trinajstić information content (AvgIpc) is 2.57. The molecule has 25 heavy (non-hydrogen) atoms. The van der Waals surface area contributed by atoms with E-state index in [1.807, 2.05) is 38.1 Å². The highest BCUT2D eigenvalue weighted by Gasteiger charge is 2.24. The van der Waals surface area contributed by atoms with Gasteiger partial charge in [0.25, 0.3) is 0 Å². The second-order valence-corrected chi connectivity index (χ2v) is 6.83. The molecule has 1 aromatic heterocycles. The summed E-state index contributed by atoms with van der Waals surface area (Å²) in [5.74, 6) is 0.151. The fourth-order valence-corrected chi connectivity index (χ4v) is 3.78. The summed E-state index contributed by atoms with van der Waals surface area (Å²) in [4.78, 5) is 14.6. The molecule has 0 saturated carbocycles. The van der Waals surface area contributed by atoms with Gasteiger partial charge in [-0.25, -0.2) is 4.79 Å². The van der Waals surface area contributed by atoms with Crippen LogP contribution in [0.25, 0.3) is 21.7 Å². The van der Waals surface area contributed by atoms with Crippen molar-refractivity contribution in [3.8, 4) is 5.75 Å². The first-order valence-corrected chi connectivity index (χ1v) is 8.57. The maximum Gasteiger partial charge on any atom is 0.344 e. The van der Waals surface area contributed by atoms with Crippen molar-refractivity contribution in [1.29, 1.82) is 0 Å². The van der Waals surface area contributed by atoms with Crippen LogP contribution in [0, 0.1) is 0 Å². The monoisotopic (exact) mass is 339 g/mol. The number of fused-ring (bicyclic) bond motifs is 3. The van der Waals surface area contributed by atoms with Gasteiger partial charge in [-0.3, -0.25) is 4.90 Å². The summed E-state index contributed by atoms with van der Waals surface area (Å²) in [5, 5.41) is 12.7. The predicted octanol–water partition coefficient (Wildman–Crippen LogP) is 3.26. The van der Waals surface area contributed by atoms with Crippen LogP contribution in [-0.2, 0) is 11.3 Å². The Morgan fingerprint density at radius 3 is 2.44 bits per heavy atom. The molecule has 1 fully saturated rings. The van der Waals surface area contributed by atoms with E-state index in [1.165, 1.54) is 0 Å². The van der Waals surface area contributed by atoms with E-state index < -0.39 is 0 Å². The van der Waals surface area contributed by atoms with Crippen molar-refractivity contribution in [3.63, 3.8) is 0 Å². The van der Waals surface area contributed by atoms with E-state index >= 15 is 0 Å². The molecule has 5 nitrogen and oxygen atoms in total. The molecule has 1 aliphatic heterocycles. The number of benzene rings is 2. The van der Waals surface area contributed by atoms with Gasteiger partial charge in [0.15, 0.2) is 0 Å². The number of rotatable bonds is 2. The number of ether oxygens (including phenoxy) is 1. The second kappa shape index (κ2) is 6.17. The average molecular weight is 339 g/mol. The molecule has 1 aliphatic rings. The Kier molecular flexibility index (Phi) is 3.98. The van der Waals surface area contributed by atoms with Gasteiger partial charge in [-0.2, -0.15) is 0 Å². The standard InChI is InChI=1S/C20H21NO4/c1-12-9-21(10-13(2)24-12)11-17-18(22)8-7-15-14-5-3-4-6-16(14)20(23)25-19(15)17/h3-8,12-13,22H,9-11H2,1-2H3/t12-,13+. The number of phenols is 1. The zero-order valence-electron chi connectivity index (χ0n) is 14.4. The lowest BCUT2D eigenvalue weighted by Gasteiger charge is -2.35. The van der Waals surface area contributed by atoms with Crippen molar-refractivity contribution in [1.82, 2.24) is 4.90 Å². The zero-order valence-corrected chi connectivity index (χ0v) is 14.4. The quantitative estimate of drug-likeness (QED) is 0.573. The summed E-state index contributed by atoms with van der Waals surface area (Å²) in [6.45, 7) is 6.15. The Labute approximate surface area is 145 Å². The van der Waals surface area contributed by atoms with E-state index in [0.717, 1.165) is 23.9 Å². The highest BCUT2D eigenvalue weighted by molar-refractivity contribution is 6.05. The van der Waals surface area contributed by atoms with E-state index in [0.29, 0.717) is 23.1 Å². The number of nitrogens with zero attached hydrogens (tertiary/aromatic N) is 1. The summed E-state index contributed by atoms with van der Waals surface area (Å²) in [5.41, 5.74) is 0.746.